The van der Waals surface area contributed by atoms with E-state index in [9.17, 15) is 13.6 Å². The van der Waals surface area contributed by atoms with E-state index in [1.165, 1.54) is 10.6 Å². The Labute approximate surface area is 148 Å². The third-order valence-corrected chi connectivity index (χ3v) is 4.89. The Morgan fingerprint density at radius 3 is 2.21 bits per heavy atom. The van der Waals surface area contributed by atoms with Gasteiger partial charge in [-0.3, -0.25) is 4.79 Å². The van der Waals surface area contributed by atoms with Crippen molar-refractivity contribution < 1.29 is 13.6 Å². The second kappa shape index (κ2) is 6.61. The van der Waals surface area contributed by atoms with Crippen molar-refractivity contribution in [1.82, 2.24) is 4.57 Å². The molecule has 1 saturated heterocycles. The van der Waals surface area contributed by atoms with Crippen LogP contribution in [0.3, 0.4) is 0 Å². The summed E-state index contributed by atoms with van der Waals surface area (Å²) in [5, 5.41) is 2.90. The zero-order chi connectivity index (χ0) is 17.4. The topological polar surface area (TPSA) is 37.3 Å². The minimum atomic E-state index is -0.699. The number of hydrogen-bond acceptors (Lipinski definition) is 2. The van der Waals surface area contributed by atoms with Gasteiger partial charge in [0.15, 0.2) is 11.6 Å². The van der Waals surface area contributed by atoms with E-state index in [1.54, 1.807) is 11.9 Å². The van der Waals surface area contributed by atoms with Gasteiger partial charge in [-0.1, -0.05) is 23.2 Å². The Balaban J connectivity index is 1.85. The molecule has 1 aliphatic rings. The molecular weight excluding hydrogens is 359 g/mol. The first-order valence-electron chi connectivity index (χ1n) is 7.44. The number of nitrogens with zero attached hydrogens (tertiary/aromatic N) is 2. The molecule has 0 spiro atoms. The molecule has 0 radical (unpaired) electrons. The summed E-state index contributed by atoms with van der Waals surface area (Å²) < 4.78 is 30.0. The summed E-state index contributed by atoms with van der Waals surface area (Å²) in [6, 6.07) is 3.62. The highest BCUT2D eigenvalue weighted by atomic mass is 35.5. The van der Waals surface area contributed by atoms with Crippen molar-refractivity contribution in [3.8, 4) is 0 Å². The van der Waals surface area contributed by atoms with Crippen molar-refractivity contribution in [3.05, 3.63) is 45.7 Å². The first-order valence-corrected chi connectivity index (χ1v) is 8.20. The van der Waals surface area contributed by atoms with Crippen LogP contribution in [-0.2, 0) is 7.05 Å². The second-order valence-electron chi connectivity index (χ2n) is 5.66. The minimum Gasteiger partial charge on any atom is -0.367 e. The number of rotatable bonds is 3. The lowest BCUT2D eigenvalue weighted by atomic mass is 10.2. The maximum Gasteiger partial charge on any atom is 0.272 e. The van der Waals surface area contributed by atoms with Crippen molar-refractivity contribution in [2.45, 2.75) is 12.8 Å². The van der Waals surface area contributed by atoms with Crippen LogP contribution < -0.4 is 10.2 Å². The number of amides is 1. The fourth-order valence-corrected chi connectivity index (χ4v) is 3.21. The predicted octanol–water partition coefficient (Wildman–Crippen LogP) is 4.46. The molecule has 3 rings (SSSR count). The molecule has 1 N–H and O–H groups in total. The van der Waals surface area contributed by atoms with E-state index in [0.717, 1.165) is 25.0 Å². The molecule has 1 aliphatic heterocycles. The van der Waals surface area contributed by atoms with Gasteiger partial charge in [0, 0.05) is 25.8 Å². The Morgan fingerprint density at radius 2 is 1.71 bits per heavy atom. The predicted molar refractivity (Wildman–Crippen MR) is 91.2 cm³/mol. The third kappa shape index (κ3) is 3.08. The molecule has 0 bridgehead atoms. The average Bonchev–Trinajstić information content (AvgIpc) is 3.11. The van der Waals surface area contributed by atoms with Crippen molar-refractivity contribution in [2.24, 2.45) is 7.05 Å². The van der Waals surface area contributed by atoms with Crippen molar-refractivity contribution >= 4 is 40.5 Å². The largest absolute Gasteiger partial charge is 0.367 e. The van der Waals surface area contributed by atoms with Gasteiger partial charge in [0.05, 0.1) is 5.02 Å². The molecule has 24 heavy (non-hydrogen) atoms. The molecule has 0 atom stereocenters. The van der Waals surface area contributed by atoms with Crippen LogP contribution in [0.5, 0.6) is 0 Å². The summed E-state index contributed by atoms with van der Waals surface area (Å²) in [6.45, 7) is 1.25. The van der Waals surface area contributed by atoms with Crippen LogP contribution in [-0.4, -0.2) is 23.6 Å². The molecule has 128 valence electrons. The number of aromatic nitrogens is 1. The third-order valence-electron chi connectivity index (χ3n) is 4.05. The van der Waals surface area contributed by atoms with Crippen molar-refractivity contribution in [3.63, 3.8) is 0 Å². The fraction of sp³-hybridized carbons (Fsp3) is 0.312. The summed E-state index contributed by atoms with van der Waals surface area (Å²) in [7, 11) is 1.57. The maximum absolute atomic E-state index is 14.3. The summed E-state index contributed by atoms with van der Waals surface area (Å²) in [5.41, 5.74) is 0.177. The molecule has 8 heteroatoms. The lowest BCUT2D eigenvalue weighted by molar-refractivity contribution is 0.101. The Bertz CT molecular complexity index is 778. The van der Waals surface area contributed by atoms with E-state index in [4.69, 9.17) is 23.2 Å². The van der Waals surface area contributed by atoms with Crippen LogP contribution in [0.2, 0.25) is 10.2 Å². The van der Waals surface area contributed by atoms with E-state index < -0.39 is 17.5 Å². The molecule has 1 aromatic carbocycles. The monoisotopic (exact) mass is 373 g/mol. The van der Waals surface area contributed by atoms with Gasteiger partial charge >= 0.3 is 0 Å². The molecule has 0 aliphatic carbocycles. The van der Waals surface area contributed by atoms with Crippen LogP contribution in [0.1, 0.15) is 23.3 Å². The Kier molecular flexibility index (Phi) is 4.69. The first-order chi connectivity index (χ1) is 11.4. The van der Waals surface area contributed by atoms with Gasteiger partial charge in [0.2, 0.25) is 0 Å². The van der Waals surface area contributed by atoms with Gasteiger partial charge in [-0.15, -0.1) is 0 Å². The van der Waals surface area contributed by atoms with Gasteiger partial charge in [-0.05, 0) is 31.0 Å². The van der Waals surface area contributed by atoms with E-state index in [1.807, 2.05) is 0 Å². The van der Waals surface area contributed by atoms with Gasteiger partial charge < -0.3 is 14.8 Å². The highest BCUT2D eigenvalue weighted by molar-refractivity contribution is 6.42. The molecule has 1 amide bonds. The van der Waals surface area contributed by atoms with E-state index in [-0.39, 0.29) is 27.2 Å². The quantitative estimate of drug-likeness (QED) is 0.861. The van der Waals surface area contributed by atoms with Crippen LogP contribution in [0.4, 0.5) is 20.2 Å². The number of nitrogens with one attached hydrogen (secondary N) is 1. The number of carbonyl (C=O) groups excluding carboxylic acids is 1. The Hall–Kier alpha value is -1.79. The number of carbonyl (C=O) groups is 1. The molecule has 4 nitrogen and oxygen atoms in total. The lowest BCUT2D eigenvalue weighted by Crippen LogP contribution is -2.21. The molecule has 1 fully saturated rings. The molecular formula is C16H15Cl2F2N3O. The summed E-state index contributed by atoms with van der Waals surface area (Å²) >= 11 is 11.8. The van der Waals surface area contributed by atoms with Crippen LogP contribution in [0.25, 0.3) is 0 Å². The molecule has 0 unspecified atom stereocenters. The summed E-state index contributed by atoms with van der Waals surface area (Å²) in [5.74, 6) is -1.95. The average molecular weight is 374 g/mol. The number of anilines is 2. The van der Waals surface area contributed by atoms with Crippen LogP contribution >= 0.6 is 23.2 Å². The smallest absolute Gasteiger partial charge is 0.272 e. The standard InChI is InChI=1S/C16H15Cl2F2N3O/c1-22-13(8-10(17)15(22)18)16(24)21-9-6-11(19)14(12(20)7-9)23-4-2-3-5-23/h6-8H,2-5H2,1H3,(H,21,24). The highest BCUT2D eigenvalue weighted by Gasteiger charge is 2.22. The van der Waals surface area contributed by atoms with Gasteiger partial charge in [0.1, 0.15) is 16.5 Å². The lowest BCUT2D eigenvalue weighted by Gasteiger charge is -2.19. The number of hydrogen-bond donors (Lipinski definition) is 1. The van der Waals surface area contributed by atoms with E-state index in [0.29, 0.717) is 13.1 Å². The zero-order valence-corrected chi connectivity index (χ0v) is 14.4. The minimum absolute atomic E-state index is 0.0337. The van der Waals surface area contributed by atoms with Crippen LogP contribution in [0.15, 0.2) is 18.2 Å². The second-order valence-corrected chi connectivity index (χ2v) is 6.43. The number of benzene rings is 1. The molecule has 0 saturated carbocycles. The highest BCUT2D eigenvalue weighted by Crippen LogP contribution is 2.30. The van der Waals surface area contributed by atoms with E-state index >= 15 is 0 Å². The van der Waals surface area contributed by atoms with Gasteiger partial charge in [-0.2, -0.15) is 0 Å². The zero-order valence-electron chi connectivity index (χ0n) is 12.9. The molecule has 1 aromatic heterocycles. The number of halogens is 4. The van der Waals surface area contributed by atoms with E-state index in [2.05, 4.69) is 5.32 Å². The Morgan fingerprint density at radius 1 is 1.12 bits per heavy atom. The maximum atomic E-state index is 14.3. The van der Waals surface area contributed by atoms with Crippen LogP contribution in [0, 0.1) is 11.6 Å². The summed E-state index contributed by atoms with van der Waals surface area (Å²) in [6.07, 6.45) is 1.82. The normalized spacial score (nSPS) is 14.3. The van der Waals surface area contributed by atoms with Crippen molar-refractivity contribution in [2.75, 3.05) is 23.3 Å². The summed E-state index contributed by atoms with van der Waals surface area (Å²) in [4.78, 5) is 13.9. The van der Waals surface area contributed by atoms with Crippen molar-refractivity contribution in [1.29, 1.82) is 0 Å². The fourth-order valence-electron chi connectivity index (χ4n) is 2.84. The molecule has 2 aromatic rings. The van der Waals surface area contributed by atoms with Gasteiger partial charge in [0.25, 0.3) is 5.91 Å². The molecule has 2 heterocycles. The first kappa shape index (κ1) is 17.0. The van der Waals surface area contributed by atoms with Gasteiger partial charge in [-0.25, -0.2) is 8.78 Å². The SMILES string of the molecule is Cn1c(C(=O)Nc2cc(F)c(N3CCCC3)c(F)c2)cc(Cl)c1Cl.